The fourth-order valence-electron chi connectivity index (χ4n) is 2.27. The number of carbonyl (C=O) groups is 2. The van der Waals surface area contributed by atoms with Gasteiger partial charge >= 0.3 is 12.0 Å². The molecule has 0 aromatic heterocycles. The lowest BCUT2D eigenvalue weighted by molar-refractivity contribution is -0.139. The highest BCUT2D eigenvalue weighted by molar-refractivity contribution is 5.89. The maximum absolute atomic E-state index is 12.6. The van der Waals surface area contributed by atoms with Gasteiger partial charge in [0.1, 0.15) is 5.75 Å². The van der Waals surface area contributed by atoms with Crippen molar-refractivity contribution in [2.24, 2.45) is 0 Å². The number of hydrogen-bond donors (Lipinski definition) is 2. The largest absolute Gasteiger partial charge is 0.482 e. The number of aliphatic carboxylic acids is 1. The third-order valence-corrected chi connectivity index (χ3v) is 3.53. The highest BCUT2D eigenvalue weighted by Gasteiger charge is 2.17. The van der Waals surface area contributed by atoms with Crippen LogP contribution in [0.4, 0.5) is 10.5 Å². The number of carbonyl (C=O) groups excluding carboxylic acids is 1. The predicted octanol–water partition coefficient (Wildman–Crippen LogP) is 3.59. The van der Waals surface area contributed by atoms with Crippen LogP contribution in [-0.2, 0) is 11.3 Å². The first-order chi connectivity index (χ1) is 12.0. The van der Waals surface area contributed by atoms with Gasteiger partial charge in [0.2, 0.25) is 0 Å². The van der Waals surface area contributed by atoms with Crippen molar-refractivity contribution >= 4 is 17.7 Å². The van der Waals surface area contributed by atoms with E-state index in [0.717, 1.165) is 5.56 Å². The van der Waals surface area contributed by atoms with Gasteiger partial charge in [-0.05, 0) is 31.5 Å². The first-order valence-corrected chi connectivity index (χ1v) is 8.02. The molecule has 0 fully saturated rings. The van der Waals surface area contributed by atoms with Crippen molar-refractivity contribution in [1.82, 2.24) is 4.90 Å². The Balaban J connectivity index is 2.05. The van der Waals surface area contributed by atoms with Crippen molar-refractivity contribution in [3.8, 4) is 5.75 Å². The zero-order valence-corrected chi connectivity index (χ0v) is 14.3. The molecule has 2 aromatic rings. The van der Waals surface area contributed by atoms with Gasteiger partial charge < -0.3 is 20.1 Å². The molecule has 6 heteroatoms. The SMILES string of the molecule is CC(C)N(Cc1ccccc1)C(=O)Nc1cccc(OCC(=O)O)c1. The normalized spacial score (nSPS) is 10.4. The van der Waals surface area contributed by atoms with Crippen LogP contribution >= 0.6 is 0 Å². The Morgan fingerprint density at radius 2 is 1.84 bits per heavy atom. The molecule has 0 aliphatic carbocycles. The van der Waals surface area contributed by atoms with E-state index in [2.05, 4.69) is 5.32 Å². The van der Waals surface area contributed by atoms with E-state index in [1.807, 2.05) is 44.2 Å². The van der Waals surface area contributed by atoms with Crippen LogP contribution in [-0.4, -0.2) is 34.7 Å². The maximum atomic E-state index is 12.6. The summed E-state index contributed by atoms with van der Waals surface area (Å²) in [6, 6.07) is 16.2. The Morgan fingerprint density at radius 3 is 2.48 bits per heavy atom. The van der Waals surface area contributed by atoms with Gasteiger partial charge in [0, 0.05) is 24.3 Å². The summed E-state index contributed by atoms with van der Waals surface area (Å²) in [6.45, 7) is 3.98. The van der Waals surface area contributed by atoms with Crippen molar-refractivity contribution in [3.63, 3.8) is 0 Å². The molecule has 0 aliphatic heterocycles. The Morgan fingerprint density at radius 1 is 1.12 bits per heavy atom. The van der Waals surface area contributed by atoms with Gasteiger partial charge in [-0.3, -0.25) is 0 Å². The van der Waals surface area contributed by atoms with Gasteiger partial charge in [0.15, 0.2) is 6.61 Å². The van der Waals surface area contributed by atoms with E-state index in [9.17, 15) is 9.59 Å². The minimum absolute atomic E-state index is 0.0200. The van der Waals surface area contributed by atoms with E-state index >= 15 is 0 Å². The molecule has 0 saturated carbocycles. The molecule has 0 unspecified atom stereocenters. The van der Waals surface area contributed by atoms with Gasteiger partial charge in [0.05, 0.1) is 0 Å². The minimum atomic E-state index is -1.05. The van der Waals surface area contributed by atoms with Crippen molar-refractivity contribution in [1.29, 1.82) is 0 Å². The molecule has 0 radical (unpaired) electrons. The molecule has 2 aromatic carbocycles. The number of ether oxygens (including phenoxy) is 1. The second kappa shape index (κ2) is 8.73. The second-order valence-electron chi connectivity index (χ2n) is 5.85. The fraction of sp³-hybridized carbons (Fsp3) is 0.263. The van der Waals surface area contributed by atoms with Crippen LogP contribution in [0.3, 0.4) is 0 Å². The molecule has 2 N–H and O–H groups in total. The number of nitrogens with zero attached hydrogens (tertiary/aromatic N) is 1. The molecule has 0 aliphatic rings. The number of rotatable bonds is 7. The van der Waals surface area contributed by atoms with Crippen LogP contribution in [0.5, 0.6) is 5.75 Å². The number of carboxylic acids is 1. The van der Waals surface area contributed by atoms with Crippen molar-refractivity contribution in [3.05, 3.63) is 60.2 Å². The summed E-state index contributed by atoms with van der Waals surface area (Å²) in [5.41, 5.74) is 1.59. The summed E-state index contributed by atoms with van der Waals surface area (Å²) in [7, 11) is 0. The van der Waals surface area contributed by atoms with E-state index in [4.69, 9.17) is 9.84 Å². The standard InChI is InChI=1S/C19H22N2O4/c1-14(2)21(12-15-7-4-3-5-8-15)19(24)20-16-9-6-10-17(11-16)25-13-18(22)23/h3-11,14H,12-13H2,1-2H3,(H,20,24)(H,22,23). The van der Waals surface area contributed by atoms with E-state index < -0.39 is 12.6 Å². The highest BCUT2D eigenvalue weighted by atomic mass is 16.5. The minimum Gasteiger partial charge on any atom is -0.482 e. The Kier molecular flexibility index (Phi) is 6.39. The lowest BCUT2D eigenvalue weighted by atomic mass is 10.2. The molecule has 0 bridgehead atoms. The first kappa shape index (κ1) is 18.3. The molecule has 0 atom stereocenters. The topological polar surface area (TPSA) is 78.9 Å². The summed E-state index contributed by atoms with van der Waals surface area (Å²) < 4.78 is 5.13. The Labute approximate surface area is 147 Å². The fourth-order valence-corrected chi connectivity index (χ4v) is 2.27. The number of anilines is 1. The van der Waals surface area contributed by atoms with Gasteiger partial charge in [-0.1, -0.05) is 36.4 Å². The van der Waals surface area contributed by atoms with Crippen LogP contribution in [0.25, 0.3) is 0 Å². The molecule has 25 heavy (non-hydrogen) atoms. The molecule has 2 rings (SSSR count). The molecular weight excluding hydrogens is 320 g/mol. The number of nitrogens with one attached hydrogen (secondary N) is 1. The third-order valence-electron chi connectivity index (χ3n) is 3.53. The van der Waals surface area contributed by atoms with Crippen molar-refractivity contribution < 1.29 is 19.4 Å². The Bertz CT molecular complexity index is 716. The van der Waals surface area contributed by atoms with E-state index in [1.54, 1.807) is 29.2 Å². The first-order valence-electron chi connectivity index (χ1n) is 8.02. The van der Waals surface area contributed by atoms with Crippen LogP contribution in [0, 0.1) is 0 Å². The number of hydrogen-bond acceptors (Lipinski definition) is 3. The van der Waals surface area contributed by atoms with Gasteiger partial charge in [-0.25, -0.2) is 9.59 Å². The summed E-state index contributed by atoms with van der Waals surface area (Å²) in [6.07, 6.45) is 0. The highest BCUT2D eigenvalue weighted by Crippen LogP contribution is 2.19. The number of carboxylic acid groups (broad SMARTS) is 1. The van der Waals surface area contributed by atoms with Crippen molar-refractivity contribution in [2.75, 3.05) is 11.9 Å². The van der Waals surface area contributed by atoms with Crippen molar-refractivity contribution in [2.45, 2.75) is 26.4 Å². The third kappa shape index (κ3) is 5.84. The number of urea groups is 1. The molecular formula is C19H22N2O4. The van der Waals surface area contributed by atoms with Crippen LogP contribution in [0.2, 0.25) is 0 Å². The van der Waals surface area contributed by atoms with Gasteiger partial charge in [0.25, 0.3) is 0 Å². The van der Waals surface area contributed by atoms with E-state index in [1.165, 1.54) is 0 Å². The van der Waals surface area contributed by atoms with Crippen LogP contribution in [0.1, 0.15) is 19.4 Å². The monoisotopic (exact) mass is 342 g/mol. The van der Waals surface area contributed by atoms with Gasteiger partial charge in [-0.15, -0.1) is 0 Å². The molecule has 6 nitrogen and oxygen atoms in total. The van der Waals surface area contributed by atoms with Crippen LogP contribution < -0.4 is 10.1 Å². The number of benzene rings is 2. The second-order valence-corrected chi connectivity index (χ2v) is 5.85. The lowest BCUT2D eigenvalue weighted by Gasteiger charge is -2.27. The smallest absolute Gasteiger partial charge is 0.341 e. The average molecular weight is 342 g/mol. The average Bonchev–Trinajstić information content (AvgIpc) is 2.58. The molecule has 0 heterocycles. The van der Waals surface area contributed by atoms with Gasteiger partial charge in [-0.2, -0.15) is 0 Å². The Hall–Kier alpha value is -3.02. The zero-order valence-electron chi connectivity index (χ0n) is 14.3. The van der Waals surface area contributed by atoms with E-state index in [-0.39, 0.29) is 12.1 Å². The molecule has 132 valence electrons. The van der Waals surface area contributed by atoms with Crippen LogP contribution in [0.15, 0.2) is 54.6 Å². The summed E-state index contributed by atoms with van der Waals surface area (Å²) in [4.78, 5) is 24.9. The number of amides is 2. The zero-order chi connectivity index (χ0) is 18.2. The quantitative estimate of drug-likeness (QED) is 0.806. The molecule has 2 amide bonds. The molecule has 0 spiro atoms. The summed E-state index contributed by atoms with van der Waals surface area (Å²) in [5, 5.41) is 11.5. The molecule has 0 saturated heterocycles. The summed E-state index contributed by atoms with van der Waals surface area (Å²) in [5.74, 6) is -0.664. The summed E-state index contributed by atoms with van der Waals surface area (Å²) >= 11 is 0. The van der Waals surface area contributed by atoms with E-state index in [0.29, 0.717) is 18.0 Å². The maximum Gasteiger partial charge on any atom is 0.341 e. The predicted molar refractivity (Wildman–Crippen MR) is 95.7 cm³/mol. The lowest BCUT2D eigenvalue weighted by Crippen LogP contribution is -2.39.